The molecule has 1 aliphatic rings. The van der Waals surface area contributed by atoms with Crippen LogP contribution in [0.2, 0.25) is 0 Å². The number of rotatable bonds is 5. The maximum absolute atomic E-state index is 11.0. The van der Waals surface area contributed by atoms with E-state index in [0.29, 0.717) is 5.92 Å². The molecule has 12 heavy (non-hydrogen) atoms. The minimum Gasteiger partial charge on any atom is -0.355 e. The van der Waals surface area contributed by atoms with Gasteiger partial charge in [-0.3, -0.25) is 4.79 Å². The van der Waals surface area contributed by atoms with Gasteiger partial charge in [0, 0.05) is 19.0 Å². The lowest BCUT2D eigenvalue weighted by Gasteiger charge is -2.03. The van der Waals surface area contributed by atoms with Crippen LogP contribution >= 0.6 is 12.4 Å². The molecule has 1 rings (SSSR count). The molecular weight excluding hydrogens is 176 g/mol. The molecule has 0 atom stereocenters. The van der Waals surface area contributed by atoms with E-state index >= 15 is 0 Å². The Hall–Kier alpha value is -0.280. The van der Waals surface area contributed by atoms with Crippen LogP contribution in [0.5, 0.6) is 0 Å². The molecule has 0 radical (unpaired) electrons. The number of carbonyl (C=O) groups excluding carboxylic acids is 1. The Morgan fingerprint density at radius 1 is 1.42 bits per heavy atom. The van der Waals surface area contributed by atoms with E-state index in [1.807, 2.05) is 0 Å². The number of hydrogen-bond acceptors (Lipinski definition) is 2. The summed E-state index contributed by atoms with van der Waals surface area (Å²) in [5.41, 5.74) is 0. The fourth-order valence-electron chi connectivity index (χ4n) is 0.941. The Bertz CT molecular complexity index is 137. The second kappa shape index (κ2) is 6.26. The number of nitrogens with one attached hydrogen (secondary N) is 2. The number of amides is 1. The summed E-state index contributed by atoms with van der Waals surface area (Å²) < 4.78 is 0. The average molecular weight is 193 g/mol. The van der Waals surface area contributed by atoms with Gasteiger partial charge in [0.2, 0.25) is 5.91 Å². The SMILES string of the molecule is CCNCCNC(=O)C1CC1.Cl. The van der Waals surface area contributed by atoms with Gasteiger partial charge in [0.25, 0.3) is 0 Å². The van der Waals surface area contributed by atoms with Gasteiger partial charge in [-0.15, -0.1) is 12.4 Å². The van der Waals surface area contributed by atoms with Crippen molar-refractivity contribution in [2.24, 2.45) is 5.92 Å². The van der Waals surface area contributed by atoms with Crippen molar-refractivity contribution in [3.8, 4) is 0 Å². The molecule has 1 amide bonds. The molecule has 0 aromatic carbocycles. The molecule has 0 spiro atoms. The fourth-order valence-corrected chi connectivity index (χ4v) is 0.941. The molecule has 0 unspecified atom stereocenters. The summed E-state index contributed by atoms with van der Waals surface area (Å²) in [5.74, 6) is 0.583. The topological polar surface area (TPSA) is 41.1 Å². The lowest BCUT2D eigenvalue weighted by atomic mass is 10.4. The van der Waals surface area contributed by atoms with Gasteiger partial charge < -0.3 is 10.6 Å². The van der Waals surface area contributed by atoms with Crippen LogP contribution in [0.25, 0.3) is 0 Å². The second-order valence-corrected chi connectivity index (χ2v) is 2.92. The second-order valence-electron chi connectivity index (χ2n) is 2.92. The highest BCUT2D eigenvalue weighted by Gasteiger charge is 2.28. The molecule has 0 saturated heterocycles. The molecule has 0 aliphatic heterocycles. The normalized spacial score (nSPS) is 15.1. The molecule has 1 fully saturated rings. The average Bonchev–Trinajstić information content (AvgIpc) is 2.79. The summed E-state index contributed by atoms with van der Waals surface area (Å²) in [5, 5.41) is 6.03. The number of carbonyl (C=O) groups is 1. The van der Waals surface area contributed by atoms with E-state index in [0.717, 1.165) is 32.5 Å². The molecule has 4 heteroatoms. The summed E-state index contributed by atoms with van der Waals surface area (Å²) in [7, 11) is 0. The molecule has 0 aromatic heterocycles. The first-order chi connectivity index (χ1) is 5.34. The van der Waals surface area contributed by atoms with Crippen LogP contribution in [0, 0.1) is 5.92 Å². The predicted molar refractivity (Wildman–Crippen MR) is 51.5 cm³/mol. The summed E-state index contributed by atoms with van der Waals surface area (Å²) in [4.78, 5) is 11.0. The van der Waals surface area contributed by atoms with Crippen LogP contribution in [-0.2, 0) is 4.79 Å². The summed E-state index contributed by atoms with van der Waals surface area (Å²) >= 11 is 0. The summed E-state index contributed by atoms with van der Waals surface area (Å²) in [6.45, 7) is 4.68. The smallest absolute Gasteiger partial charge is 0.223 e. The predicted octanol–water partition coefficient (Wildman–Crippen LogP) is 0.544. The molecule has 2 N–H and O–H groups in total. The first-order valence-corrected chi connectivity index (χ1v) is 4.33. The first-order valence-electron chi connectivity index (χ1n) is 4.33. The Balaban J connectivity index is 0.00000121. The van der Waals surface area contributed by atoms with Gasteiger partial charge in [-0.2, -0.15) is 0 Å². The highest BCUT2D eigenvalue weighted by molar-refractivity contribution is 5.85. The quantitative estimate of drug-likeness (QED) is 0.625. The third kappa shape index (κ3) is 4.57. The molecular formula is C8H17ClN2O. The van der Waals surface area contributed by atoms with Crippen LogP contribution in [0.15, 0.2) is 0 Å². The van der Waals surface area contributed by atoms with Crippen LogP contribution in [0.3, 0.4) is 0 Å². The monoisotopic (exact) mass is 192 g/mol. The Kier molecular flexibility index (Phi) is 6.11. The molecule has 0 bridgehead atoms. The molecule has 3 nitrogen and oxygen atoms in total. The highest BCUT2D eigenvalue weighted by Crippen LogP contribution is 2.28. The molecule has 72 valence electrons. The lowest BCUT2D eigenvalue weighted by molar-refractivity contribution is -0.122. The van der Waals surface area contributed by atoms with Gasteiger partial charge in [-0.25, -0.2) is 0 Å². The fraction of sp³-hybridized carbons (Fsp3) is 0.875. The van der Waals surface area contributed by atoms with Crippen molar-refractivity contribution < 1.29 is 4.79 Å². The van der Waals surface area contributed by atoms with Crippen molar-refractivity contribution in [2.45, 2.75) is 19.8 Å². The van der Waals surface area contributed by atoms with Crippen molar-refractivity contribution in [3.63, 3.8) is 0 Å². The highest BCUT2D eigenvalue weighted by atomic mass is 35.5. The van der Waals surface area contributed by atoms with E-state index in [9.17, 15) is 4.79 Å². The van der Waals surface area contributed by atoms with Crippen molar-refractivity contribution >= 4 is 18.3 Å². The van der Waals surface area contributed by atoms with Crippen LogP contribution < -0.4 is 10.6 Å². The lowest BCUT2D eigenvalue weighted by Crippen LogP contribution is -2.32. The zero-order valence-electron chi connectivity index (χ0n) is 7.43. The number of hydrogen-bond donors (Lipinski definition) is 2. The first kappa shape index (κ1) is 11.7. The van der Waals surface area contributed by atoms with Crippen molar-refractivity contribution in [1.29, 1.82) is 0 Å². The standard InChI is InChI=1S/C8H16N2O.ClH/c1-2-9-5-6-10-8(11)7-3-4-7;/h7,9H,2-6H2,1H3,(H,10,11);1H. The minimum atomic E-state index is 0. The Morgan fingerprint density at radius 3 is 2.58 bits per heavy atom. The van der Waals surface area contributed by atoms with Crippen LogP contribution in [0.1, 0.15) is 19.8 Å². The minimum absolute atomic E-state index is 0. The van der Waals surface area contributed by atoms with E-state index < -0.39 is 0 Å². The van der Waals surface area contributed by atoms with Crippen LogP contribution in [0.4, 0.5) is 0 Å². The van der Waals surface area contributed by atoms with Gasteiger partial charge in [-0.05, 0) is 19.4 Å². The Labute approximate surface area is 79.7 Å². The van der Waals surface area contributed by atoms with Crippen molar-refractivity contribution in [3.05, 3.63) is 0 Å². The van der Waals surface area contributed by atoms with Gasteiger partial charge in [-0.1, -0.05) is 6.92 Å². The maximum Gasteiger partial charge on any atom is 0.223 e. The molecule has 0 heterocycles. The Morgan fingerprint density at radius 2 is 2.08 bits per heavy atom. The number of likely N-dealkylation sites (N-methyl/N-ethyl adjacent to an activating group) is 1. The van der Waals surface area contributed by atoms with Gasteiger partial charge in [0.05, 0.1) is 0 Å². The molecule has 0 aromatic rings. The third-order valence-electron chi connectivity index (χ3n) is 1.80. The van der Waals surface area contributed by atoms with E-state index in [1.54, 1.807) is 0 Å². The maximum atomic E-state index is 11.0. The number of halogens is 1. The summed E-state index contributed by atoms with van der Waals surface area (Å²) in [6, 6.07) is 0. The molecule has 1 aliphatic carbocycles. The van der Waals surface area contributed by atoms with Crippen LogP contribution in [-0.4, -0.2) is 25.5 Å². The zero-order valence-corrected chi connectivity index (χ0v) is 8.25. The van der Waals surface area contributed by atoms with E-state index in [-0.39, 0.29) is 18.3 Å². The molecule has 1 saturated carbocycles. The van der Waals surface area contributed by atoms with E-state index in [2.05, 4.69) is 17.6 Å². The van der Waals surface area contributed by atoms with Crippen molar-refractivity contribution in [2.75, 3.05) is 19.6 Å². The zero-order chi connectivity index (χ0) is 8.10. The third-order valence-corrected chi connectivity index (χ3v) is 1.80. The van der Waals surface area contributed by atoms with E-state index in [1.165, 1.54) is 0 Å². The van der Waals surface area contributed by atoms with Gasteiger partial charge in [0.1, 0.15) is 0 Å². The van der Waals surface area contributed by atoms with Crippen molar-refractivity contribution in [1.82, 2.24) is 10.6 Å². The van der Waals surface area contributed by atoms with E-state index in [4.69, 9.17) is 0 Å². The largest absolute Gasteiger partial charge is 0.355 e. The van der Waals surface area contributed by atoms with Gasteiger partial charge in [0.15, 0.2) is 0 Å². The van der Waals surface area contributed by atoms with Gasteiger partial charge >= 0.3 is 0 Å². The summed E-state index contributed by atoms with van der Waals surface area (Å²) in [6.07, 6.45) is 2.18.